The Bertz CT molecular complexity index is 509. The van der Waals surface area contributed by atoms with E-state index in [-0.39, 0.29) is 23.2 Å². The molecule has 0 bridgehead atoms. The molecule has 1 saturated heterocycles. The molecule has 1 heterocycles. The maximum Gasteiger partial charge on any atom is 0.303 e. The van der Waals surface area contributed by atoms with Gasteiger partial charge < -0.3 is 5.11 Å². The lowest BCUT2D eigenvalue weighted by atomic mass is 9.84. The zero-order chi connectivity index (χ0) is 15.4. The Labute approximate surface area is 129 Å². The number of hydrogen-bond donors (Lipinski definition) is 1. The van der Waals surface area contributed by atoms with E-state index < -0.39 is 5.97 Å². The summed E-state index contributed by atoms with van der Waals surface area (Å²) < 4.78 is 13.5. The summed E-state index contributed by atoms with van der Waals surface area (Å²) in [6.07, 6.45) is 2.31. The van der Waals surface area contributed by atoms with Crippen LogP contribution in [0.3, 0.4) is 0 Å². The van der Waals surface area contributed by atoms with Crippen LogP contribution in [0.15, 0.2) is 18.2 Å². The molecule has 1 N–H and O–H groups in total. The molecule has 0 saturated carbocycles. The fourth-order valence-electron chi connectivity index (χ4n) is 3.05. The molecule has 1 fully saturated rings. The lowest BCUT2D eigenvalue weighted by molar-refractivity contribution is -0.138. The summed E-state index contributed by atoms with van der Waals surface area (Å²) in [7, 11) is 0. The van der Waals surface area contributed by atoms with Crippen LogP contribution in [0.4, 0.5) is 4.39 Å². The molecule has 0 amide bonds. The Morgan fingerprint density at radius 1 is 1.57 bits per heavy atom. The fraction of sp³-hybridized carbons (Fsp3) is 0.562. The number of piperidine rings is 1. The van der Waals surface area contributed by atoms with Crippen LogP contribution < -0.4 is 0 Å². The van der Waals surface area contributed by atoms with Crippen molar-refractivity contribution in [1.82, 2.24) is 4.90 Å². The number of hydrogen-bond acceptors (Lipinski definition) is 2. The molecule has 1 aromatic carbocycles. The Kier molecular flexibility index (Phi) is 5.59. The smallest absolute Gasteiger partial charge is 0.303 e. The molecule has 0 aliphatic carbocycles. The zero-order valence-corrected chi connectivity index (χ0v) is 12.9. The molecule has 3 nitrogen and oxygen atoms in total. The van der Waals surface area contributed by atoms with Crippen molar-refractivity contribution in [3.63, 3.8) is 0 Å². The fourth-order valence-corrected chi connectivity index (χ4v) is 3.24. The number of benzene rings is 1. The van der Waals surface area contributed by atoms with E-state index in [1.54, 1.807) is 6.07 Å². The number of aliphatic carboxylic acids is 1. The molecule has 1 aromatic rings. The minimum Gasteiger partial charge on any atom is -0.481 e. The molecule has 1 aliphatic heterocycles. The third-order valence-electron chi connectivity index (χ3n) is 4.27. The number of likely N-dealkylation sites (tertiary alicyclic amines) is 1. The highest BCUT2D eigenvalue weighted by atomic mass is 35.5. The van der Waals surface area contributed by atoms with E-state index >= 15 is 0 Å². The summed E-state index contributed by atoms with van der Waals surface area (Å²) in [4.78, 5) is 13.1. The van der Waals surface area contributed by atoms with Gasteiger partial charge in [0.1, 0.15) is 5.82 Å². The SMILES string of the molecule is CC(CC(=O)O)C1CCCN(Cc2cccc(F)c2Cl)C1. The number of carboxylic acids is 1. The first-order valence-electron chi connectivity index (χ1n) is 7.34. The van der Waals surface area contributed by atoms with Crippen molar-refractivity contribution in [2.45, 2.75) is 32.7 Å². The maximum atomic E-state index is 13.5. The van der Waals surface area contributed by atoms with Gasteiger partial charge in [0.2, 0.25) is 0 Å². The number of halogens is 2. The van der Waals surface area contributed by atoms with Crippen LogP contribution in [-0.2, 0) is 11.3 Å². The second kappa shape index (κ2) is 7.23. The van der Waals surface area contributed by atoms with E-state index in [2.05, 4.69) is 4.90 Å². The van der Waals surface area contributed by atoms with Crippen LogP contribution >= 0.6 is 11.6 Å². The van der Waals surface area contributed by atoms with E-state index in [0.717, 1.165) is 31.5 Å². The lowest BCUT2D eigenvalue weighted by Gasteiger charge is -2.35. The minimum absolute atomic E-state index is 0.160. The largest absolute Gasteiger partial charge is 0.481 e. The zero-order valence-electron chi connectivity index (χ0n) is 12.2. The molecule has 0 aromatic heterocycles. The molecule has 21 heavy (non-hydrogen) atoms. The third kappa shape index (κ3) is 4.42. The summed E-state index contributed by atoms with van der Waals surface area (Å²) >= 11 is 6.00. The number of carboxylic acid groups (broad SMARTS) is 1. The van der Waals surface area contributed by atoms with Crippen molar-refractivity contribution < 1.29 is 14.3 Å². The standard InChI is InChI=1S/C16H21ClFNO2/c1-11(8-15(20)21)12-5-3-7-19(9-12)10-13-4-2-6-14(18)16(13)17/h2,4,6,11-12H,3,5,7-10H2,1H3,(H,20,21). The normalized spacial score (nSPS) is 21.2. The number of rotatable bonds is 5. The molecular weight excluding hydrogens is 293 g/mol. The molecular formula is C16H21ClFNO2. The predicted octanol–water partition coefficient (Wildman–Crippen LogP) is 3.80. The summed E-state index contributed by atoms with van der Waals surface area (Å²) in [5.74, 6) is -0.592. The third-order valence-corrected chi connectivity index (χ3v) is 4.69. The van der Waals surface area contributed by atoms with Crippen molar-refractivity contribution in [2.75, 3.05) is 13.1 Å². The van der Waals surface area contributed by atoms with Gasteiger partial charge in [-0.2, -0.15) is 0 Å². The van der Waals surface area contributed by atoms with Crippen LogP contribution in [0.1, 0.15) is 31.7 Å². The first kappa shape index (κ1) is 16.2. The Balaban J connectivity index is 1.98. The topological polar surface area (TPSA) is 40.5 Å². The first-order valence-corrected chi connectivity index (χ1v) is 7.72. The van der Waals surface area contributed by atoms with Crippen molar-refractivity contribution >= 4 is 17.6 Å². The highest BCUT2D eigenvalue weighted by Gasteiger charge is 2.26. The van der Waals surface area contributed by atoms with Gasteiger partial charge in [-0.25, -0.2) is 4.39 Å². The Morgan fingerprint density at radius 3 is 3.05 bits per heavy atom. The van der Waals surface area contributed by atoms with Crippen molar-refractivity contribution in [3.05, 3.63) is 34.6 Å². The lowest BCUT2D eigenvalue weighted by Crippen LogP contribution is -2.38. The van der Waals surface area contributed by atoms with Gasteiger partial charge in [-0.3, -0.25) is 9.69 Å². The average Bonchev–Trinajstić information content (AvgIpc) is 2.43. The predicted molar refractivity (Wildman–Crippen MR) is 80.8 cm³/mol. The summed E-state index contributed by atoms with van der Waals surface area (Å²) in [5.41, 5.74) is 0.795. The molecule has 5 heteroatoms. The van der Waals surface area contributed by atoms with Crippen molar-refractivity contribution in [2.24, 2.45) is 11.8 Å². The van der Waals surface area contributed by atoms with Crippen LogP contribution in [0.5, 0.6) is 0 Å². The van der Waals surface area contributed by atoms with Gasteiger partial charge in [0.25, 0.3) is 0 Å². The highest BCUT2D eigenvalue weighted by molar-refractivity contribution is 6.31. The Hall–Kier alpha value is -1.13. The molecule has 2 atom stereocenters. The van der Waals surface area contributed by atoms with Gasteiger partial charge >= 0.3 is 5.97 Å². The minimum atomic E-state index is -0.743. The van der Waals surface area contributed by atoms with E-state index in [1.165, 1.54) is 6.07 Å². The molecule has 116 valence electrons. The summed E-state index contributed by atoms with van der Waals surface area (Å²) in [6, 6.07) is 4.88. The first-order chi connectivity index (χ1) is 9.97. The molecule has 2 unspecified atom stereocenters. The van der Waals surface area contributed by atoms with E-state index in [0.29, 0.717) is 12.5 Å². The van der Waals surface area contributed by atoms with Crippen LogP contribution in [0.25, 0.3) is 0 Å². The number of carbonyl (C=O) groups is 1. The molecule has 0 radical (unpaired) electrons. The van der Waals surface area contributed by atoms with Gasteiger partial charge in [0.15, 0.2) is 0 Å². The van der Waals surface area contributed by atoms with Gasteiger partial charge in [0.05, 0.1) is 5.02 Å². The van der Waals surface area contributed by atoms with Crippen molar-refractivity contribution in [1.29, 1.82) is 0 Å². The van der Waals surface area contributed by atoms with Gasteiger partial charge in [-0.05, 0) is 42.9 Å². The van der Waals surface area contributed by atoms with Crippen LogP contribution in [-0.4, -0.2) is 29.1 Å². The summed E-state index contributed by atoms with van der Waals surface area (Å²) in [6.45, 7) is 4.41. The van der Waals surface area contributed by atoms with E-state index in [9.17, 15) is 9.18 Å². The van der Waals surface area contributed by atoms with Crippen molar-refractivity contribution in [3.8, 4) is 0 Å². The molecule has 1 aliphatic rings. The second-order valence-corrected chi connectivity index (χ2v) is 6.30. The van der Waals surface area contributed by atoms with Gasteiger partial charge in [-0.1, -0.05) is 30.7 Å². The molecule has 0 spiro atoms. The molecule has 2 rings (SSSR count). The second-order valence-electron chi connectivity index (χ2n) is 5.93. The van der Waals surface area contributed by atoms with E-state index in [1.807, 2.05) is 13.0 Å². The number of nitrogens with zero attached hydrogens (tertiary/aromatic N) is 1. The highest BCUT2D eigenvalue weighted by Crippen LogP contribution is 2.28. The Morgan fingerprint density at radius 2 is 2.33 bits per heavy atom. The van der Waals surface area contributed by atoms with Gasteiger partial charge in [-0.15, -0.1) is 0 Å². The summed E-state index contributed by atoms with van der Waals surface area (Å²) in [5, 5.41) is 9.10. The quantitative estimate of drug-likeness (QED) is 0.899. The van der Waals surface area contributed by atoms with Crippen LogP contribution in [0.2, 0.25) is 5.02 Å². The van der Waals surface area contributed by atoms with Gasteiger partial charge in [0, 0.05) is 19.5 Å². The maximum absolute atomic E-state index is 13.5. The van der Waals surface area contributed by atoms with E-state index in [4.69, 9.17) is 16.7 Å². The monoisotopic (exact) mass is 313 g/mol. The average molecular weight is 314 g/mol. The van der Waals surface area contributed by atoms with Crippen LogP contribution in [0, 0.1) is 17.7 Å².